The fourth-order valence-electron chi connectivity index (χ4n) is 2.47. The van der Waals surface area contributed by atoms with E-state index in [1.165, 1.54) is 5.56 Å². The Bertz CT molecular complexity index is 477. The number of anilines is 1. The topological polar surface area (TPSA) is 41.6 Å². The molecular weight excluding hydrogens is 264 g/mol. The minimum absolute atomic E-state index is 0.210. The van der Waals surface area contributed by atoms with Crippen molar-refractivity contribution >= 4 is 11.8 Å². The molecule has 0 aromatic heterocycles. The Morgan fingerprint density at radius 2 is 1.95 bits per heavy atom. The van der Waals surface area contributed by atoms with Crippen molar-refractivity contribution in [2.24, 2.45) is 0 Å². The van der Waals surface area contributed by atoms with Gasteiger partial charge in [-0.05, 0) is 52.7 Å². The van der Waals surface area contributed by atoms with Crippen LogP contribution < -0.4 is 5.32 Å². The third-order valence-corrected chi connectivity index (χ3v) is 3.50. The van der Waals surface area contributed by atoms with E-state index in [-0.39, 0.29) is 12.1 Å². The number of ether oxygens (including phenoxy) is 1. The second kappa shape index (κ2) is 6.37. The zero-order valence-corrected chi connectivity index (χ0v) is 13.5. The molecule has 4 nitrogen and oxygen atoms in total. The zero-order valence-electron chi connectivity index (χ0n) is 13.5. The number of benzene rings is 1. The van der Waals surface area contributed by atoms with Crippen LogP contribution in [0.2, 0.25) is 0 Å². The molecule has 21 heavy (non-hydrogen) atoms. The van der Waals surface area contributed by atoms with Crippen molar-refractivity contribution in [3.8, 4) is 0 Å². The molecule has 1 aliphatic rings. The molecule has 0 bridgehead atoms. The van der Waals surface area contributed by atoms with Gasteiger partial charge in [0.1, 0.15) is 5.60 Å². The molecule has 1 aliphatic heterocycles. The summed E-state index contributed by atoms with van der Waals surface area (Å²) in [6.45, 7) is 9.25. The van der Waals surface area contributed by atoms with E-state index in [4.69, 9.17) is 4.74 Å². The molecule has 1 amide bonds. The van der Waals surface area contributed by atoms with Crippen molar-refractivity contribution < 1.29 is 9.53 Å². The van der Waals surface area contributed by atoms with Crippen LogP contribution in [0.5, 0.6) is 0 Å². The van der Waals surface area contributed by atoms with Crippen LogP contribution >= 0.6 is 0 Å². The van der Waals surface area contributed by atoms with Gasteiger partial charge in [0, 0.05) is 24.8 Å². The first-order valence-electron chi connectivity index (χ1n) is 7.64. The number of nitrogens with zero attached hydrogens (tertiary/aromatic N) is 1. The summed E-state index contributed by atoms with van der Waals surface area (Å²) in [5.74, 6) is 0. The Morgan fingerprint density at radius 1 is 1.29 bits per heavy atom. The maximum atomic E-state index is 12.1. The van der Waals surface area contributed by atoms with Gasteiger partial charge in [-0.15, -0.1) is 0 Å². The summed E-state index contributed by atoms with van der Waals surface area (Å²) in [7, 11) is 0. The number of likely N-dealkylation sites (tertiary alicyclic amines) is 1. The Balaban J connectivity index is 1.91. The van der Waals surface area contributed by atoms with Crippen LogP contribution in [-0.2, 0) is 4.74 Å². The first-order chi connectivity index (χ1) is 9.83. The van der Waals surface area contributed by atoms with Crippen LogP contribution in [0.15, 0.2) is 24.3 Å². The predicted octanol–water partition coefficient (Wildman–Crippen LogP) is 3.81. The number of hydrogen-bond acceptors (Lipinski definition) is 3. The van der Waals surface area contributed by atoms with Crippen molar-refractivity contribution in [1.29, 1.82) is 0 Å². The fourth-order valence-corrected chi connectivity index (χ4v) is 2.47. The largest absolute Gasteiger partial charge is 0.444 e. The van der Waals surface area contributed by atoms with Crippen molar-refractivity contribution in [2.75, 3.05) is 18.4 Å². The minimum Gasteiger partial charge on any atom is -0.444 e. The number of carbonyl (C=O) groups excluding carboxylic acids is 1. The summed E-state index contributed by atoms with van der Waals surface area (Å²) in [5, 5.41) is 3.51. The number of rotatable bonds is 2. The van der Waals surface area contributed by atoms with Gasteiger partial charge in [-0.3, -0.25) is 0 Å². The molecule has 2 rings (SSSR count). The highest BCUT2D eigenvalue weighted by Crippen LogP contribution is 2.19. The van der Waals surface area contributed by atoms with E-state index in [1.807, 2.05) is 20.8 Å². The predicted molar refractivity (Wildman–Crippen MR) is 85.6 cm³/mol. The SMILES string of the molecule is Cc1ccc(N[C@@H]2CCCN(C(=O)OC(C)(C)C)C2)cc1. The molecule has 1 N–H and O–H groups in total. The standard InChI is InChI=1S/C17H26N2O2/c1-13-7-9-14(10-8-13)18-15-6-5-11-19(12-15)16(20)21-17(2,3)4/h7-10,15,18H,5-6,11-12H2,1-4H3/t15-/m1/s1. The van der Waals surface area contributed by atoms with Crippen LogP contribution in [0, 0.1) is 6.92 Å². The number of nitrogens with one attached hydrogen (secondary N) is 1. The molecule has 1 heterocycles. The van der Waals surface area contributed by atoms with E-state index in [9.17, 15) is 4.79 Å². The molecule has 1 aromatic carbocycles. The Hall–Kier alpha value is -1.71. The lowest BCUT2D eigenvalue weighted by molar-refractivity contribution is 0.0206. The Labute approximate surface area is 127 Å². The number of aryl methyl sites for hydroxylation is 1. The molecule has 0 aliphatic carbocycles. The van der Waals surface area contributed by atoms with E-state index in [2.05, 4.69) is 36.5 Å². The van der Waals surface area contributed by atoms with Gasteiger partial charge >= 0.3 is 6.09 Å². The molecule has 1 saturated heterocycles. The van der Waals surface area contributed by atoms with Crippen LogP contribution in [0.25, 0.3) is 0 Å². The van der Waals surface area contributed by atoms with Crippen molar-refractivity contribution in [1.82, 2.24) is 4.90 Å². The molecule has 0 radical (unpaired) electrons. The summed E-state index contributed by atoms with van der Waals surface area (Å²) in [5.41, 5.74) is 1.92. The second-order valence-electron chi connectivity index (χ2n) is 6.78. The summed E-state index contributed by atoms with van der Waals surface area (Å²) in [6.07, 6.45) is 1.87. The molecule has 0 spiro atoms. The van der Waals surface area contributed by atoms with Crippen LogP contribution in [0.1, 0.15) is 39.2 Å². The lowest BCUT2D eigenvalue weighted by Gasteiger charge is -2.34. The highest BCUT2D eigenvalue weighted by atomic mass is 16.6. The van der Waals surface area contributed by atoms with E-state index in [0.29, 0.717) is 6.54 Å². The van der Waals surface area contributed by atoms with Gasteiger partial charge in [0.2, 0.25) is 0 Å². The summed E-state index contributed by atoms with van der Waals surface area (Å²) >= 11 is 0. The molecule has 1 aromatic rings. The van der Waals surface area contributed by atoms with Crippen LogP contribution in [0.3, 0.4) is 0 Å². The highest BCUT2D eigenvalue weighted by Gasteiger charge is 2.27. The first-order valence-corrected chi connectivity index (χ1v) is 7.64. The van der Waals surface area contributed by atoms with Gasteiger partial charge in [0.25, 0.3) is 0 Å². The quantitative estimate of drug-likeness (QED) is 0.900. The van der Waals surface area contributed by atoms with Gasteiger partial charge in [-0.25, -0.2) is 4.79 Å². The highest BCUT2D eigenvalue weighted by molar-refractivity contribution is 5.68. The second-order valence-corrected chi connectivity index (χ2v) is 6.78. The molecule has 116 valence electrons. The average molecular weight is 290 g/mol. The monoisotopic (exact) mass is 290 g/mol. The van der Waals surface area contributed by atoms with Crippen molar-refractivity contribution in [3.05, 3.63) is 29.8 Å². The number of amides is 1. The number of hydrogen-bond donors (Lipinski definition) is 1. The third-order valence-electron chi connectivity index (χ3n) is 3.50. The van der Waals surface area contributed by atoms with Crippen LogP contribution in [0.4, 0.5) is 10.5 Å². The normalized spacial score (nSPS) is 19.2. The lowest BCUT2D eigenvalue weighted by atomic mass is 10.1. The Morgan fingerprint density at radius 3 is 2.57 bits per heavy atom. The molecule has 1 atom stereocenters. The molecular formula is C17H26N2O2. The van der Waals surface area contributed by atoms with Crippen molar-refractivity contribution in [2.45, 2.75) is 52.2 Å². The van der Waals surface area contributed by atoms with Gasteiger partial charge in [0.15, 0.2) is 0 Å². The fraction of sp³-hybridized carbons (Fsp3) is 0.588. The van der Waals surface area contributed by atoms with E-state index in [1.54, 1.807) is 4.90 Å². The lowest BCUT2D eigenvalue weighted by Crippen LogP contribution is -2.46. The van der Waals surface area contributed by atoms with Gasteiger partial charge in [-0.2, -0.15) is 0 Å². The summed E-state index contributed by atoms with van der Waals surface area (Å²) in [6, 6.07) is 8.64. The number of carbonyl (C=O) groups is 1. The summed E-state index contributed by atoms with van der Waals surface area (Å²) in [4.78, 5) is 13.9. The minimum atomic E-state index is -0.436. The maximum Gasteiger partial charge on any atom is 0.410 e. The van der Waals surface area contributed by atoms with E-state index < -0.39 is 5.60 Å². The van der Waals surface area contributed by atoms with Crippen molar-refractivity contribution in [3.63, 3.8) is 0 Å². The average Bonchev–Trinajstić information content (AvgIpc) is 2.40. The van der Waals surface area contributed by atoms with Gasteiger partial charge in [-0.1, -0.05) is 17.7 Å². The maximum absolute atomic E-state index is 12.1. The molecule has 0 unspecified atom stereocenters. The molecule has 0 saturated carbocycles. The zero-order chi connectivity index (χ0) is 15.5. The van der Waals surface area contributed by atoms with E-state index >= 15 is 0 Å². The number of piperidine rings is 1. The molecule has 1 fully saturated rings. The molecule has 4 heteroatoms. The summed E-state index contributed by atoms with van der Waals surface area (Å²) < 4.78 is 5.45. The van der Waals surface area contributed by atoms with Gasteiger partial charge in [0.05, 0.1) is 0 Å². The van der Waals surface area contributed by atoms with E-state index in [0.717, 1.165) is 25.1 Å². The smallest absolute Gasteiger partial charge is 0.410 e. The third kappa shape index (κ3) is 4.96. The van der Waals surface area contributed by atoms with Crippen LogP contribution in [-0.4, -0.2) is 35.7 Å². The van der Waals surface area contributed by atoms with Gasteiger partial charge < -0.3 is 15.0 Å². The Kier molecular flexibility index (Phi) is 4.76. The first kappa shape index (κ1) is 15.7.